The molecule has 0 radical (unpaired) electrons. The molecule has 0 saturated heterocycles. The van der Waals surface area contributed by atoms with Crippen molar-refractivity contribution in [2.75, 3.05) is 33.0 Å². The van der Waals surface area contributed by atoms with Crippen molar-refractivity contribution in [2.45, 2.75) is 24.2 Å². The average Bonchev–Trinajstić information content (AvgIpc) is 3.25. The summed E-state index contributed by atoms with van der Waals surface area (Å²) in [5, 5.41) is 12.1. The number of fused-ring (bicyclic) bond motifs is 1. The maximum absolute atomic E-state index is 13.5. The fraction of sp³-hybridized carbons (Fsp3) is 0.348. The number of aromatic nitrogens is 3. The third kappa shape index (κ3) is 5.45. The molecule has 0 aliphatic carbocycles. The summed E-state index contributed by atoms with van der Waals surface area (Å²) in [7, 11) is 3.90. The van der Waals surface area contributed by atoms with Crippen LogP contribution in [-0.2, 0) is 4.79 Å². The topological polar surface area (TPSA) is 81.5 Å². The van der Waals surface area contributed by atoms with Gasteiger partial charge >= 0.3 is 0 Å². The van der Waals surface area contributed by atoms with Gasteiger partial charge in [-0.05, 0) is 57.4 Å². The Morgan fingerprint density at radius 2 is 1.94 bits per heavy atom. The van der Waals surface area contributed by atoms with Gasteiger partial charge in [0.2, 0.25) is 5.91 Å². The summed E-state index contributed by atoms with van der Waals surface area (Å²) in [5.74, 6) is 1.77. The molecule has 174 valence electrons. The number of rotatable bonds is 8. The molecular weight excluding hydrogens is 445 g/mol. The number of hydrogen-bond donors (Lipinski definition) is 1. The van der Waals surface area contributed by atoms with E-state index in [-0.39, 0.29) is 29.6 Å². The van der Waals surface area contributed by atoms with Crippen LogP contribution in [0.2, 0.25) is 0 Å². The minimum absolute atomic E-state index is 0.0305. The number of hydrogen-bond acceptors (Lipinski definition) is 7. The number of benzene rings is 2. The second kappa shape index (κ2) is 10.2. The lowest BCUT2D eigenvalue weighted by Crippen LogP contribution is -2.41. The minimum Gasteiger partial charge on any atom is -0.486 e. The maximum Gasteiger partial charge on any atom is 0.230 e. The van der Waals surface area contributed by atoms with Crippen LogP contribution in [0.1, 0.15) is 18.8 Å². The van der Waals surface area contributed by atoms with Gasteiger partial charge in [0.05, 0.1) is 18.3 Å². The molecule has 1 aliphatic rings. The number of ether oxygens (including phenoxy) is 2. The highest BCUT2D eigenvalue weighted by atomic mass is 32.2. The normalized spacial score (nSPS) is 16.0. The van der Waals surface area contributed by atoms with Gasteiger partial charge in [-0.1, -0.05) is 23.9 Å². The van der Waals surface area contributed by atoms with Crippen LogP contribution in [0, 0.1) is 5.82 Å². The Morgan fingerprint density at radius 3 is 2.67 bits per heavy atom. The zero-order valence-electron chi connectivity index (χ0n) is 18.7. The SMILES string of the molecule is C[C@@H](c1nnc(SCC(=O)NC[C@H]2COc3ccccc3O2)n1-c1ccc(F)cc1)N(C)C. The molecule has 2 atom stereocenters. The van der Waals surface area contributed by atoms with Crippen LogP contribution in [0.15, 0.2) is 53.7 Å². The molecule has 1 N–H and O–H groups in total. The molecule has 0 spiro atoms. The van der Waals surface area contributed by atoms with Crippen molar-refractivity contribution in [3.05, 3.63) is 60.2 Å². The fourth-order valence-corrected chi connectivity index (χ4v) is 4.07. The third-order valence-corrected chi connectivity index (χ3v) is 6.25. The van der Waals surface area contributed by atoms with Crippen molar-refractivity contribution in [3.63, 3.8) is 0 Å². The van der Waals surface area contributed by atoms with E-state index in [1.807, 2.05) is 54.8 Å². The summed E-state index contributed by atoms with van der Waals surface area (Å²) < 4.78 is 26.9. The second-order valence-electron chi connectivity index (χ2n) is 7.88. The smallest absolute Gasteiger partial charge is 0.230 e. The molecule has 33 heavy (non-hydrogen) atoms. The molecule has 0 fully saturated rings. The van der Waals surface area contributed by atoms with Crippen molar-refractivity contribution in [1.29, 1.82) is 0 Å². The Kier molecular flexibility index (Phi) is 7.14. The summed E-state index contributed by atoms with van der Waals surface area (Å²) in [6, 6.07) is 13.6. The molecule has 1 aliphatic heterocycles. The Hall–Kier alpha value is -3.11. The molecule has 4 rings (SSSR count). The Morgan fingerprint density at radius 1 is 1.21 bits per heavy atom. The number of carbonyl (C=O) groups excluding carboxylic acids is 1. The summed E-state index contributed by atoms with van der Waals surface area (Å²) in [5.41, 5.74) is 0.736. The first-order valence-electron chi connectivity index (χ1n) is 10.6. The molecule has 10 heteroatoms. The Labute approximate surface area is 196 Å². The molecular formula is C23H26FN5O3S. The number of nitrogens with one attached hydrogen (secondary N) is 1. The second-order valence-corrected chi connectivity index (χ2v) is 8.83. The number of thioether (sulfide) groups is 1. The van der Waals surface area contributed by atoms with Crippen molar-refractivity contribution in [2.24, 2.45) is 0 Å². The Balaban J connectivity index is 1.39. The number of carbonyl (C=O) groups is 1. The van der Waals surface area contributed by atoms with Crippen LogP contribution < -0.4 is 14.8 Å². The van der Waals surface area contributed by atoms with Crippen molar-refractivity contribution < 1.29 is 18.7 Å². The van der Waals surface area contributed by atoms with Gasteiger partial charge < -0.3 is 14.8 Å². The molecule has 0 saturated carbocycles. The highest BCUT2D eigenvalue weighted by Crippen LogP contribution is 2.31. The lowest BCUT2D eigenvalue weighted by molar-refractivity contribution is -0.119. The summed E-state index contributed by atoms with van der Waals surface area (Å²) in [6.07, 6.45) is -0.260. The van der Waals surface area contributed by atoms with Crippen LogP contribution in [0.3, 0.4) is 0 Å². The maximum atomic E-state index is 13.5. The van der Waals surface area contributed by atoms with E-state index in [0.29, 0.717) is 35.6 Å². The molecule has 0 bridgehead atoms. The van der Waals surface area contributed by atoms with Crippen LogP contribution in [0.5, 0.6) is 11.5 Å². The fourth-order valence-electron chi connectivity index (χ4n) is 3.28. The van der Waals surface area contributed by atoms with Crippen LogP contribution in [0.25, 0.3) is 5.69 Å². The van der Waals surface area contributed by atoms with E-state index in [1.54, 1.807) is 12.1 Å². The summed E-state index contributed by atoms with van der Waals surface area (Å²) in [6.45, 7) is 2.71. The van der Waals surface area contributed by atoms with Crippen molar-refractivity contribution in [1.82, 2.24) is 25.0 Å². The van der Waals surface area contributed by atoms with Gasteiger partial charge in [-0.25, -0.2) is 4.39 Å². The van der Waals surface area contributed by atoms with Crippen molar-refractivity contribution in [3.8, 4) is 17.2 Å². The zero-order valence-corrected chi connectivity index (χ0v) is 19.5. The molecule has 1 aromatic heterocycles. The Bertz CT molecular complexity index is 1110. The van der Waals surface area contributed by atoms with Crippen LogP contribution in [0.4, 0.5) is 4.39 Å². The van der Waals surface area contributed by atoms with Gasteiger partial charge in [0, 0.05) is 5.69 Å². The van der Waals surface area contributed by atoms with Crippen LogP contribution in [-0.4, -0.2) is 64.7 Å². The van der Waals surface area contributed by atoms with E-state index < -0.39 is 0 Å². The molecule has 1 amide bonds. The van der Waals surface area contributed by atoms with E-state index in [4.69, 9.17) is 9.47 Å². The van der Waals surface area contributed by atoms with Gasteiger partial charge in [-0.15, -0.1) is 10.2 Å². The first-order chi connectivity index (χ1) is 15.9. The molecule has 8 nitrogen and oxygen atoms in total. The number of halogens is 1. The first kappa shape index (κ1) is 23.1. The molecule has 3 aromatic rings. The van der Waals surface area contributed by atoms with Gasteiger partial charge in [0.1, 0.15) is 18.5 Å². The average molecular weight is 472 g/mol. The third-order valence-electron chi connectivity index (χ3n) is 5.32. The number of nitrogens with zero attached hydrogens (tertiary/aromatic N) is 4. The monoisotopic (exact) mass is 471 g/mol. The standard InChI is InChI=1S/C23H26FN5O3S/c1-15(28(2)3)22-26-27-23(29(22)17-10-8-16(24)9-11-17)33-14-21(30)25-12-18-13-31-19-6-4-5-7-20(19)32-18/h4-11,15,18H,12-14H2,1-3H3,(H,25,30)/t15-,18-/m0/s1. The quantitative estimate of drug-likeness (QED) is 0.506. The first-order valence-corrected chi connectivity index (χ1v) is 11.6. The van der Waals surface area contributed by atoms with Gasteiger partial charge in [0.25, 0.3) is 0 Å². The van der Waals surface area contributed by atoms with Crippen LogP contribution >= 0.6 is 11.8 Å². The van der Waals surface area contributed by atoms with E-state index in [2.05, 4.69) is 15.5 Å². The lowest BCUT2D eigenvalue weighted by atomic mass is 10.2. The van der Waals surface area contributed by atoms with E-state index >= 15 is 0 Å². The summed E-state index contributed by atoms with van der Waals surface area (Å²) in [4.78, 5) is 14.5. The van der Waals surface area contributed by atoms with E-state index in [9.17, 15) is 9.18 Å². The molecule has 2 aromatic carbocycles. The predicted octanol–water partition coefficient (Wildman–Crippen LogP) is 3.08. The van der Waals surface area contributed by atoms with Gasteiger partial charge in [-0.2, -0.15) is 0 Å². The highest BCUT2D eigenvalue weighted by molar-refractivity contribution is 7.99. The molecule has 0 unspecified atom stereocenters. The van der Waals surface area contributed by atoms with Gasteiger partial charge in [0.15, 0.2) is 22.5 Å². The largest absolute Gasteiger partial charge is 0.486 e. The lowest BCUT2D eigenvalue weighted by Gasteiger charge is -2.26. The zero-order chi connectivity index (χ0) is 23.4. The van der Waals surface area contributed by atoms with Gasteiger partial charge in [-0.3, -0.25) is 14.3 Å². The molecule has 2 heterocycles. The highest BCUT2D eigenvalue weighted by Gasteiger charge is 2.23. The predicted molar refractivity (Wildman–Crippen MR) is 124 cm³/mol. The van der Waals surface area contributed by atoms with E-state index in [1.165, 1.54) is 23.9 Å². The van der Waals surface area contributed by atoms with Crippen molar-refractivity contribution >= 4 is 17.7 Å². The summed E-state index contributed by atoms with van der Waals surface area (Å²) >= 11 is 1.27. The minimum atomic E-state index is -0.320. The number of amides is 1. The van der Waals surface area contributed by atoms with E-state index in [0.717, 1.165) is 5.69 Å². The number of para-hydroxylation sites is 2.